The number of hydrogen-bond donors (Lipinski definition) is 0. The number of carbonyl (C=O) groups excluding carboxylic acids is 1. The van der Waals surface area contributed by atoms with Crippen LogP contribution >= 0.6 is 0 Å². The summed E-state index contributed by atoms with van der Waals surface area (Å²) in [4.78, 5) is 13.5. The molecule has 0 saturated heterocycles. The fourth-order valence-corrected chi connectivity index (χ4v) is 2.63. The molecule has 1 atom stereocenters. The third-order valence-electron chi connectivity index (χ3n) is 4.15. The van der Waals surface area contributed by atoms with Crippen molar-refractivity contribution in [3.63, 3.8) is 0 Å². The molecule has 2 nitrogen and oxygen atoms in total. The fraction of sp³-hybridized carbons (Fsp3) is 0.929. The molecule has 94 valence electrons. The number of aldehydes is 1. The van der Waals surface area contributed by atoms with Gasteiger partial charge in [-0.1, -0.05) is 39.5 Å². The molecular weight excluding hydrogens is 198 g/mol. The molecule has 0 N–H and O–H groups in total. The maximum absolute atomic E-state index is 11.1. The summed E-state index contributed by atoms with van der Waals surface area (Å²) in [5.41, 5.74) is -0.152. The maximum atomic E-state index is 11.1. The van der Waals surface area contributed by atoms with Crippen LogP contribution in [0.3, 0.4) is 0 Å². The van der Waals surface area contributed by atoms with Crippen molar-refractivity contribution in [3.05, 3.63) is 0 Å². The number of hydrogen-bond acceptors (Lipinski definition) is 2. The highest BCUT2D eigenvalue weighted by Crippen LogP contribution is 2.25. The summed E-state index contributed by atoms with van der Waals surface area (Å²) in [6.07, 6.45) is 10.2. The van der Waals surface area contributed by atoms with Gasteiger partial charge >= 0.3 is 0 Å². The van der Waals surface area contributed by atoms with Gasteiger partial charge in [0, 0.05) is 18.0 Å². The van der Waals surface area contributed by atoms with E-state index in [1.165, 1.54) is 38.5 Å². The maximum Gasteiger partial charge on any atom is 0.127 e. The fourth-order valence-electron chi connectivity index (χ4n) is 2.63. The Morgan fingerprint density at radius 1 is 1.25 bits per heavy atom. The van der Waals surface area contributed by atoms with Gasteiger partial charge in [0.15, 0.2) is 0 Å². The van der Waals surface area contributed by atoms with Gasteiger partial charge in [-0.15, -0.1) is 0 Å². The van der Waals surface area contributed by atoms with Crippen LogP contribution < -0.4 is 0 Å². The van der Waals surface area contributed by atoms with Crippen molar-refractivity contribution in [3.8, 4) is 0 Å². The van der Waals surface area contributed by atoms with Crippen LogP contribution in [0, 0.1) is 5.41 Å². The van der Waals surface area contributed by atoms with Crippen molar-refractivity contribution in [2.24, 2.45) is 5.41 Å². The Kier molecular flexibility index (Phi) is 5.47. The first-order chi connectivity index (χ1) is 7.61. The van der Waals surface area contributed by atoms with Crippen molar-refractivity contribution in [1.82, 2.24) is 4.90 Å². The summed E-state index contributed by atoms with van der Waals surface area (Å²) in [7, 11) is 2.19. The predicted octanol–water partition coefficient (Wildman–Crippen LogP) is 3.26. The Balaban J connectivity index is 2.48. The highest BCUT2D eigenvalue weighted by Gasteiger charge is 2.26. The van der Waals surface area contributed by atoms with Crippen molar-refractivity contribution in [2.75, 3.05) is 13.6 Å². The van der Waals surface area contributed by atoms with Crippen LogP contribution in [0.5, 0.6) is 0 Å². The first-order valence-electron chi connectivity index (χ1n) is 6.78. The lowest BCUT2D eigenvalue weighted by Gasteiger charge is -2.33. The van der Waals surface area contributed by atoms with E-state index in [1.54, 1.807) is 0 Å². The minimum Gasteiger partial charge on any atom is -0.303 e. The molecule has 0 aromatic rings. The topological polar surface area (TPSA) is 20.3 Å². The molecular formula is C14H27NO. The Morgan fingerprint density at radius 3 is 2.25 bits per heavy atom. The first-order valence-corrected chi connectivity index (χ1v) is 6.78. The van der Waals surface area contributed by atoms with E-state index in [2.05, 4.69) is 25.8 Å². The van der Waals surface area contributed by atoms with Crippen LogP contribution in [0.4, 0.5) is 0 Å². The number of rotatable bonds is 5. The van der Waals surface area contributed by atoms with Crippen molar-refractivity contribution in [2.45, 2.75) is 64.8 Å². The summed E-state index contributed by atoms with van der Waals surface area (Å²) in [5.74, 6) is 0. The highest BCUT2D eigenvalue weighted by atomic mass is 16.1. The quantitative estimate of drug-likeness (QED) is 0.529. The van der Waals surface area contributed by atoms with E-state index >= 15 is 0 Å². The van der Waals surface area contributed by atoms with E-state index in [-0.39, 0.29) is 5.41 Å². The molecule has 0 spiro atoms. The van der Waals surface area contributed by atoms with Crippen LogP contribution in [-0.4, -0.2) is 30.8 Å². The Hall–Kier alpha value is -0.370. The van der Waals surface area contributed by atoms with E-state index in [0.29, 0.717) is 6.04 Å². The third-order valence-corrected chi connectivity index (χ3v) is 4.15. The van der Waals surface area contributed by atoms with Gasteiger partial charge in [0.2, 0.25) is 0 Å². The number of nitrogens with zero attached hydrogens (tertiary/aromatic N) is 1. The van der Waals surface area contributed by atoms with Crippen molar-refractivity contribution < 1.29 is 4.79 Å². The zero-order valence-electron chi connectivity index (χ0n) is 11.2. The highest BCUT2D eigenvalue weighted by molar-refractivity contribution is 5.58. The molecule has 1 rings (SSSR count). The Bertz CT molecular complexity index is 209. The standard InChI is InChI=1S/C14H27NO/c1-4-14(2,12-16)11-15(3)13-9-7-5-6-8-10-13/h12-13H,4-11H2,1-3H3. The second kappa shape index (κ2) is 6.39. The van der Waals surface area contributed by atoms with Crippen LogP contribution in [0.1, 0.15) is 58.8 Å². The second-order valence-electron chi connectivity index (χ2n) is 5.69. The molecule has 16 heavy (non-hydrogen) atoms. The van der Waals surface area contributed by atoms with Gasteiger partial charge in [0.05, 0.1) is 0 Å². The number of carbonyl (C=O) groups is 1. The van der Waals surface area contributed by atoms with Gasteiger partial charge in [-0.25, -0.2) is 0 Å². The lowest BCUT2D eigenvalue weighted by atomic mass is 9.88. The van der Waals surface area contributed by atoms with Crippen LogP contribution in [-0.2, 0) is 4.79 Å². The zero-order valence-corrected chi connectivity index (χ0v) is 11.2. The van der Waals surface area contributed by atoms with Crippen LogP contribution in [0.25, 0.3) is 0 Å². The van der Waals surface area contributed by atoms with Gasteiger partial charge in [0.1, 0.15) is 6.29 Å². The minimum absolute atomic E-state index is 0.152. The normalized spacial score (nSPS) is 22.8. The average Bonchev–Trinajstić information content (AvgIpc) is 2.57. The van der Waals surface area contributed by atoms with Gasteiger partial charge in [-0.3, -0.25) is 0 Å². The smallest absolute Gasteiger partial charge is 0.127 e. The second-order valence-corrected chi connectivity index (χ2v) is 5.69. The van der Waals surface area contributed by atoms with Gasteiger partial charge < -0.3 is 9.69 Å². The molecule has 1 fully saturated rings. The molecule has 0 aliphatic heterocycles. The van der Waals surface area contributed by atoms with Crippen LogP contribution in [0.2, 0.25) is 0 Å². The van der Waals surface area contributed by atoms with E-state index in [1.807, 2.05) is 0 Å². The lowest BCUT2D eigenvalue weighted by molar-refractivity contribution is -0.116. The predicted molar refractivity (Wildman–Crippen MR) is 68.6 cm³/mol. The Labute approximate surface area is 100 Å². The molecule has 1 aliphatic carbocycles. The molecule has 2 heteroatoms. The van der Waals surface area contributed by atoms with Crippen LogP contribution in [0.15, 0.2) is 0 Å². The third kappa shape index (κ3) is 3.89. The van der Waals surface area contributed by atoms with E-state index < -0.39 is 0 Å². The lowest BCUT2D eigenvalue weighted by Crippen LogP contribution is -2.40. The minimum atomic E-state index is -0.152. The molecule has 0 aromatic heterocycles. The summed E-state index contributed by atoms with van der Waals surface area (Å²) < 4.78 is 0. The van der Waals surface area contributed by atoms with Crippen molar-refractivity contribution >= 4 is 6.29 Å². The van der Waals surface area contributed by atoms with E-state index in [0.717, 1.165) is 19.3 Å². The Morgan fingerprint density at radius 2 is 1.81 bits per heavy atom. The van der Waals surface area contributed by atoms with Crippen molar-refractivity contribution in [1.29, 1.82) is 0 Å². The SMILES string of the molecule is CCC(C)(C=O)CN(C)C1CCCCCC1. The monoisotopic (exact) mass is 225 g/mol. The molecule has 0 heterocycles. The summed E-state index contributed by atoms with van der Waals surface area (Å²) in [6, 6.07) is 0.702. The summed E-state index contributed by atoms with van der Waals surface area (Å²) in [5, 5.41) is 0. The molecule has 1 saturated carbocycles. The van der Waals surface area contributed by atoms with Gasteiger partial charge in [-0.2, -0.15) is 0 Å². The van der Waals surface area contributed by atoms with Gasteiger partial charge in [-0.05, 0) is 26.3 Å². The van der Waals surface area contributed by atoms with Gasteiger partial charge in [0.25, 0.3) is 0 Å². The summed E-state index contributed by atoms with van der Waals surface area (Å²) >= 11 is 0. The first kappa shape index (κ1) is 13.7. The molecule has 0 aromatic carbocycles. The molecule has 0 bridgehead atoms. The van der Waals surface area contributed by atoms with E-state index in [4.69, 9.17) is 0 Å². The molecule has 1 unspecified atom stereocenters. The largest absolute Gasteiger partial charge is 0.303 e. The summed E-state index contributed by atoms with van der Waals surface area (Å²) in [6.45, 7) is 5.10. The molecule has 1 aliphatic rings. The molecule has 0 radical (unpaired) electrons. The average molecular weight is 225 g/mol. The van der Waals surface area contributed by atoms with E-state index in [9.17, 15) is 4.79 Å². The molecule has 0 amide bonds. The zero-order chi connectivity index (χ0) is 12.0.